The fraction of sp³-hybridized carbons (Fsp3) is 0.450. The third-order valence-electron chi connectivity index (χ3n) is 5.63. The zero-order chi connectivity index (χ0) is 20.4. The van der Waals surface area contributed by atoms with E-state index in [1.165, 1.54) is 12.1 Å². The highest BCUT2D eigenvalue weighted by Gasteiger charge is 2.30. The van der Waals surface area contributed by atoms with Crippen molar-refractivity contribution in [1.82, 2.24) is 20.0 Å². The molecule has 0 radical (unpaired) electrons. The number of nitrogens with zero attached hydrogens (tertiary/aromatic N) is 4. The van der Waals surface area contributed by atoms with Gasteiger partial charge in [-0.05, 0) is 24.8 Å². The molecule has 0 saturated carbocycles. The lowest BCUT2D eigenvalue weighted by Crippen LogP contribution is -2.39. The van der Waals surface area contributed by atoms with Gasteiger partial charge in [-0.25, -0.2) is 0 Å². The van der Waals surface area contributed by atoms with Gasteiger partial charge in [0.05, 0.1) is 11.3 Å². The van der Waals surface area contributed by atoms with Crippen molar-refractivity contribution in [2.75, 3.05) is 19.6 Å². The monoisotopic (exact) mass is 397 g/mol. The summed E-state index contributed by atoms with van der Waals surface area (Å²) < 4.78 is 0. The standard InChI is InChI=1S/C20H23N5O4/c26-18(12-14-4-6-15(7-5-14)25(28)29)24-11-8-17-16(13-24)19(22-21-17)20(27)23-9-2-1-3-10-23/h4-7H,1-3,8-13H2,(H,21,22). The van der Waals surface area contributed by atoms with E-state index in [9.17, 15) is 19.7 Å². The van der Waals surface area contributed by atoms with Gasteiger partial charge in [-0.3, -0.25) is 24.8 Å². The first-order valence-corrected chi connectivity index (χ1v) is 9.89. The van der Waals surface area contributed by atoms with Crippen LogP contribution in [0, 0.1) is 10.1 Å². The molecule has 2 aromatic rings. The molecular formula is C20H23N5O4. The molecule has 0 bridgehead atoms. The molecule has 2 amide bonds. The van der Waals surface area contributed by atoms with Crippen molar-refractivity contribution >= 4 is 17.5 Å². The van der Waals surface area contributed by atoms with Crippen molar-refractivity contribution in [1.29, 1.82) is 0 Å². The Balaban J connectivity index is 1.45. The third kappa shape index (κ3) is 3.98. The topological polar surface area (TPSA) is 112 Å². The molecule has 0 unspecified atom stereocenters. The second-order valence-corrected chi connectivity index (χ2v) is 7.55. The molecule has 1 fully saturated rings. The average molecular weight is 397 g/mol. The minimum atomic E-state index is -0.461. The predicted molar refractivity (Wildman–Crippen MR) is 104 cm³/mol. The van der Waals surface area contributed by atoms with Crippen LogP contribution in [0.5, 0.6) is 0 Å². The second kappa shape index (κ2) is 8.02. The molecule has 0 atom stereocenters. The number of non-ortho nitro benzene ring substituents is 1. The summed E-state index contributed by atoms with van der Waals surface area (Å²) in [5.74, 6) is -0.131. The minimum Gasteiger partial charge on any atom is -0.338 e. The number of hydrogen-bond acceptors (Lipinski definition) is 5. The number of aromatic nitrogens is 2. The van der Waals surface area contributed by atoms with Crippen LogP contribution in [0.2, 0.25) is 0 Å². The van der Waals surface area contributed by atoms with E-state index in [0.29, 0.717) is 25.2 Å². The summed E-state index contributed by atoms with van der Waals surface area (Å²) in [5.41, 5.74) is 2.88. The molecule has 29 heavy (non-hydrogen) atoms. The number of nitro groups is 1. The van der Waals surface area contributed by atoms with Crippen LogP contribution in [0.4, 0.5) is 5.69 Å². The largest absolute Gasteiger partial charge is 0.338 e. The fourth-order valence-electron chi connectivity index (χ4n) is 3.95. The minimum absolute atomic E-state index is 0.00285. The number of piperidine rings is 1. The van der Waals surface area contributed by atoms with E-state index in [4.69, 9.17) is 0 Å². The summed E-state index contributed by atoms with van der Waals surface area (Å²) in [6, 6.07) is 6.02. The summed E-state index contributed by atoms with van der Waals surface area (Å²) in [5, 5.41) is 18.0. The van der Waals surface area contributed by atoms with Gasteiger partial charge in [0.25, 0.3) is 11.6 Å². The lowest BCUT2D eigenvalue weighted by molar-refractivity contribution is -0.384. The fourth-order valence-corrected chi connectivity index (χ4v) is 3.95. The zero-order valence-corrected chi connectivity index (χ0v) is 16.1. The van der Waals surface area contributed by atoms with Crippen molar-refractivity contribution in [2.24, 2.45) is 0 Å². The Bertz CT molecular complexity index is 931. The van der Waals surface area contributed by atoms with Crippen molar-refractivity contribution in [3.05, 3.63) is 56.9 Å². The van der Waals surface area contributed by atoms with Gasteiger partial charge < -0.3 is 9.80 Å². The van der Waals surface area contributed by atoms with Gasteiger partial charge in [0.1, 0.15) is 0 Å². The maximum Gasteiger partial charge on any atom is 0.274 e. The molecule has 9 nitrogen and oxygen atoms in total. The summed E-state index contributed by atoms with van der Waals surface area (Å²) in [6.07, 6.45) is 3.96. The highest BCUT2D eigenvalue weighted by Crippen LogP contribution is 2.23. The molecule has 0 spiro atoms. The summed E-state index contributed by atoms with van der Waals surface area (Å²) in [4.78, 5) is 39.5. The number of amides is 2. The van der Waals surface area contributed by atoms with Gasteiger partial charge in [-0.2, -0.15) is 5.10 Å². The van der Waals surface area contributed by atoms with Crippen LogP contribution in [0.15, 0.2) is 24.3 Å². The van der Waals surface area contributed by atoms with Gasteiger partial charge in [-0.15, -0.1) is 0 Å². The van der Waals surface area contributed by atoms with E-state index in [0.717, 1.165) is 49.2 Å². The predicted octanol–water partition coefficient (Wildman–Crippen LogP) is 2.07. The lowest BCUT2D eigenvalue weighted by atomic mass is 10.0. The van der Waals surface area contributed by atoms with Gasteiger partial charge in [-0.1, -0.05) is 12.1 Å². The molecule has 1 aromatic heterocycles. The molecule has 152 valence electrons. The maximum absolute atomic E-state index is 12.9. The highest BCUT2D eigenvalue weighted by atomic mass is 16.6. The van der Waals surface area contributed by atoms with Crippen molar-refractivity contribution in [3.63, 3.8) is 0 Å². The van der Waals surface area contributed by atoms with Crippen LogP contribution in [0.25, 0.3) is 0 Å². The Morgan fingerprint density at radius 1 is 1.07 bits per heavy atom. The average Bonchev–Trinajstić information content (AvgIpc) is 3.17. The van der Waals surface area contributed by atoms with Crippen molar-refractivity contribution < 1.29 is 14.5 Å². The normalized spacial score (nSPS) is 16.4. The van der Waals surface area contributed by atoms with Crippen LogP contribution in [0.3, 0.4) is 0 Å². The van der Waals surface area contributed by atoms with Gasteiger partial charge in [0.2, 0.25) is 5.91 Å². The number of benzene rings is 1. The zero-order valence-electron chi connectivity index (χ0n) is 16.1. The number of aromatic amines is 1. The Kier molecular flexibility index (Phi) is 5.28. The Morgan fingerprint density at radius 2 is 1.79 bits per heavy atom. The highest BCUT2D eigenvalue weighted by molar-refractivity contribution is 5.94. The summed E-state index contributed by atoms with van der Waals surface area (Å²) in [7, 11) is 0. The molecule has 2 aliphatic rings. The Hall–Kier alpha value is -3.23. The number of nitro benzene ring substituents is 1. The number of carbonyl (C=O) groups is 2. The van der Waals surface area contributed by atoms with Gasteiger partial charge >= 0.3 is 0 Å². The molecule has 1 saturated heterocycles. The SMILES string of the molecule is O=C(Cc1ccc([N+](=O)[O-])cc1)N1CCc2[nH]nc(C(=O)N3CCCCC3)c2C1. The molecular weight excluding hydrogens is 374 g/mol. The van der Waals surface area contributed by atoms with Crippen LogP contribution in [-0.4, -0.2) is 56.4 Å². The molecule has 3 heterocycles. The summed E-state index contributed by atoms with van der Waals surface area (Å²) >= 11 is 0. The molecule has 1 N–H and O–H groups in total. The van der Waals surface area contributed by atoms with E-state index in [2.05, 4.69) is 10.2 Å². The Labute approximate surface area is 167 Å². The summed E-state index contributed by atoms with van der Waals surface area (Å²) in [6.45, 7) is 2.41. The number of carbonyl (C=O) groups excluding carboxylic acids is 2. The van der Waals surface area contributed by atoms with E-state index in [-0.39, 0.29) is 23.9 Å². The molecule has 9 heteroatoms. The van der Waals surface area contributed by atoms with Crippen LogP contribution >= 0.6 is 0 Å². The molecule has 0 aliphatic carbocycles. The molecule has 1 aromatic carbocycles. The number of hydrogen-bond donors (Lipinski definition) is 1. The lowest BCUT2D eigenvalue weighted by Gasteiger charge is -2.29. The van der Waals surface area contributed by atoms with E-state index in [1.54, 1.807) is 17.0 Å². The molecule has 2 aliphatic heterocycles. The van der Waals surface area contributed by atoms with E-state index < -0.39 is 4.92 Å². The number of fused-ring (bicyclic) bond motifs is 1. The Morgan fingerprint density at radius 3 is 2.48 bits per heavy atom. The second-order valence-electron chi connectivity index (χ2n) is 7.55. The van der Waals surface area contributed by atoms with Crippen LogP contribution in [-0.2, 0) is 24.2 Å². The van der Waals surface area contributed by atoms with Crippen LogP contribution in [0.1, 0.15) is 46.6 Å². The number of nitrogens with one attached hydrogen (secondary N) is 1. The first kappa shape index (κ1) is 19.1. The van der Waals surface area contributed by atoms with Crippen LogP contribution < -0.4 is 0 Å². The number of rotatable bonds is 4. The van der Waals surface area contributed by atoms with Crippen molar-refractivity contribution in [3.8, 4) is 0 Å². The van der Waals surface area contributed by atoms with Gasteiger partial charge in [0.15, 0.2) is 5.69 Å². The third-order valence-corrected chi connectivity index (χ3v) is 5.63. The number of H-pyrrole nitrogens is 1. The maximum atomic E-state index is 12.9. The quantitative estimate of drug-likeness (QED) is 0.627. The molecule has 4 rings (SSSR count). The van der Waals surface area contributed by atoms with Crippen molar-refractivity contribution in [2.45, 2.75) is 38.6 Å². The smallest absolute Gasteiger partial charge is 0.274 e. The van der Waals surface area contributed by atoms with Gasteiger partial charge in [0, 0.05) is 56.0 Å². The first-order chi connectivity index (χ1) is 14.0. The first-order valence-electron chi connectivity index (χ1n) is 9.89. The van der Waals surface area contributed by atoms with E-state index in [1.807, 2.05) is 4.90 Å². The number of likely N-dealkylation sites (tertiary alicyclic amines) is 1. The van der Waals surface area contributed by atoms with E-state index >= 15 is 0 Å².